The topological polar surface area (TPSA) is 107 Å². The summed E-state index contributed by atoms with van der Waals surface area (Å²) in [5.41, 5.74) is 3.47. The van der Waals surface area contributed by atoms with Crippen molar-refractivity contribution in [3.63, 3.8) is 0 Å². The van der Waals surface area contributed by atoms with Gasteiger partial charge in [0.2, 0.25) is 0 Å². The van der Waals surface area contributed by atoms with Crippen molar-refractivity contribution in [3.05, 3.63) is 113 Å². The van der Waals surface area contributed by atoms with Gasteiger partial charge in [0.15, 0.2) is 16.6 Å². The maximum atomic E-state index is 13.8. The number of carbonyl (C=O) groups is 2. The Hall–Kier alpha value is -5.35. The minimum Gasteiger partial charge on any atom is -0.507 e. The molecule has 232 valence electrons. The van der Waals surface area contributed by atoms with Gasteiger partial charge in [0.25, 0.3) is 5.78 Å². The van der Waals surface area contributed by atoms with Crippen molar-refractivity contribution in [2.45, 2.75) is 32.1 Å². The molecule has 0 aliphatic carbocycles. The molecule has 1 amide bonds. The van der Waals surface area contributed by atoms with E-state index in [1.54, 1.807) is 49.6 Å². The number of rotatable bonds is 8. The second-order valence-electron chi connectivity index (χ2n) is 11.1. The van der Waals surface area contributed by atoms with Crippen molar-refractivity contribution < 1.29 is 33.6 Å². The van der Waals surface area contributed by atoms with Crippen LogP contribution in [0.1, 0.15) is 35.2 Å². The number of fused-ring (bicyclic) bond motifs is 2. The second-order valence-corrected chi connectivity index (χ2v) is 12.1. The fraction of sp³-hybridized carbons (Fsp3) is 0.194. The number of amides is 1. The number of aliphatic hydroxyl groups excluding tert-OH is 1. The summed E-state index contributed by atoms with van der Waals surface area (Å²) in [6, 6.07) is 24.7. The highest BCUT2D eigenvalue weighted by molar-refractivity contribution is 7.22. The van der Waals surface area contributed by atoms with Gasteiger partial charge in [-0.15, -0.1) is 0 Å². The summed E-state index contributed by atoms with van der Waals surface area (Å²) in [4.78, 5) is 33.7. The summed E-state index contributed by atoms with van der Waals surface area (Å²) in [6.07, 6.45) is 0.677. The van der Waals surface area contributed by atoms with Gasteiger partial charge in [-0.1, -0.05) is 47.7 Å². The highest BCUT2D eigenvalue weighted by atomic mass is 32.1. The van der Waals surface area contributed by atoms with Crippen molar-refractivity contribution >= 4 is 44.1 Å². The van der Waals surface area contributed by atoms with Crippen LogP contribution >= 0.6 is 11.3 Å². The summed E-state index contributed by atoms with van der Waals surface area (Å²) in [6.45, 7) is 2.30. The summed E-state index contributed by atoms with van der Waals surface area (Å²) >= 11 is 1.26. The lowest BCUT2D eigenvalue weighted by atomic mass is 9.94. The van der Waals surface area contributed by atoms with Crippen LogP contribution in [-0.4, -0.2) is 42.1 Å². The summed E-state index contributed by atoms with van der Waals surface area (Å²) in [5.74, 6) is 0.406. The highest BCUT2D eigenvalue weighted by Gasteiger charge is 2.48. The van der Waals surface area contributed by atoms with Crippen molar-refractivity contribution in [1.29, 1.82) is 0 Å². The molecule has 0 radical (unpaired) electrons. The Kier molecular flexibility index (Phi) is 7.58. The average Bonchev–Trinajstić information content (AvgIpc) is 3.75. The Morgan fingerprint density at radius 2 is 1.80 bits per heavy atom. The van der Waals surface area contributed by atoms with E-state index in [0.717, 1.165) is 21.6 Å². The number of hydrogen-bond donors (Lipinski definition) is 1. The first-order valence-corrected chi connectivity index (χ1v) is 15.6. The van der Waals surface area contributed by atoms with E-state index < -0.39 is 17.7 Å². The first-order valence-electron chi connectivity index (χ1n) is 14.7. The molecule has 0 bridgehead atoms. The van der Waals surface area contributed by atoms with Gasteiger partial charge in [-0.3, -0.25) is 14.5 Å². The van der Waals surface area contributed by atoms with Crippen LogP contribution in [0.25, 0.3) is 16.0 Å². The molecule has 0 spiro atoms. The van der Waals surface area contributed by atoms with Crippen LogP contribution in [0.15, 0.2) is 90.5 Å². The lowest BCUT2D eigenvalue weighted by Gasteiger charge is -2.24. The molecule has 0 saturated carbocycles. The van der Waals surface area contributed by atoms with Crippen molar-refractivity contribution in [2.24, 2.45) is 0 Å². The zero-order chi connectivity index (χ0) is 31.9. The van der Waals surface area contributed by atoms with Crippen LogP contribution in [0.2, 0.25) is 0 Å². The molecule has 2 aliphatic rings. The number of Topliss-reactive ketones (excluding diaryl/α,β-unsaturated/α-hetero) is 1. The second kappa shape index (κ2) is 11.9. The summed E-state index contributed by atoms with van der Waals surface area (Å²) < 4.78 is 23.8. The predicted molar refractivity (Wildman–Crippen MR) is 175 cm³/mol. The Morgan fingerprint density at radius 1 is 0.978 bits per heavy atom. The number of aliphatic hydroxyl groups is 1. The maximum Gasteiger partial charge on any atom is 0.301 e. The number of thiazole rings is 1. The Bertz CT molecular complexity index is 2020. The highest BCUT2D eigenvalue weighted by Crippen LogP contribution is 2.46. The lowest BCUT2D eigenvalue weighted by molar-refractivity contribution is -0.132. The van der Waals surface area contributed by atoms with Gasteiger partial charge >= 0.3 is 5.91 Å². The van der Waals surface area contributed by atoms with Crippen LogP contribution in [0.4, 0.5) is 5.13 Å². The fourth-order valence-electron chi connectivity index (χ4n) is 5.90. The lowest BCUT2D eigenvalue weighted by Crippen LogP contribution is -2.29. The zero-order valence-corrected chi connectivity index (χ0v) is 26.2. The van der Waals surface area contributed by atoms with Gasteiger partial charge < -0.3 is 24.1 Å². The average molecular weight is 635 g/mol. The molecule has 5 aromatic rings. The van der Waals surface area contributed by atoms with Gasteiger partial charge in [0.1, 0.15) is 30.0 Å². The third-order valence-corrected chi connectivity index (χ3v) is 9.16. The number of methoxy groups -OCH3 is 2. The number of nitrogens with zero attached hydrogens (tertiary/aromatic N) is 2. The molecule has 1 fully saturated rings. The molecule has 2 atom stereocenters. The Morgan fingerprint density at radius 3 is 2.59 bits per heavy atom. The Balaban J connectivity index is 1.35. The van der Waals surface area contributed by atoms with Crippen molar-refractivity contribution in [1.82, 2.24) is 4.98 Å². The molecular weight excluding hydrogens is 604 g/mol. The molecule has 3 heterocycles. The number of benzene rings is 4. The standard InChI is InChI=1S/C36H30N2O7S/c1-20-15-24-16-23(10-13-27(24)45-20)33(39)31-32(22-9-14-28(29(17-22)43-3)44-19-21-7-5-4-6-8-21)38(35(41)34(31)40)36-37-26-12-11-25(42-2)18-30(26)46-36/h4-14,16-18,20,32,39H,15,19H2,1-3H3/b33-31-. The van der Waals surface area contributed by atoms with E-state index in [1.165, 1.54) is 23.3 Å². The van der Waals surface area contributed by atoms with Crippen LogP contribution in [-0.2, 0) is 22.6 Å². The van der Waals surface area contributed by atoms with Crippen molar-refractivity contribution in [3.8, 4) is 23.0 Å². The summed E-state index contributed by atoms with van der Waals surface area (Å²) in [7, 11) is 3.11. The number of carbonyl (C=O) groups excluding carboxylic acids is 2. The largest absolute Gasteiger partial charge is 0.507 e. The van der Waals surface area contributed by atoms with Gasteiger partial charge in [-0.05, 0) is 72.1 Å². The smallest absolute Gasteiger partial charge is 0.301 e. The molecule has 2 aliphatic heterocycles. The molecule has 4 aromatic carbocycles. The maximum absolute atomic E-state index is 13.8. The van der Waals surface area contributed by atoms with E-state index in [9.17, 15) is 14.7 Å². The first-order chi connectivity index (χ1) is 22.3. The molecule has 1 N–H and O–H groups in total. The number of hydrogen-bond acceptors (Lipinski definition) is 9. The molecule has 10 heteroatoms. The number of ether oxygens (including phenoxy) is 4. The molecule has 46 heavy (non-hydrogen) atoms. The van der Waals surface area contributed by atoms with E-state index >= 15 is 0 Å². The van der Waals surface area contributed by atoms with E-state index in [4.69, 9.17) is 23.9 Å². The Labute approximate surface area is 269 Å². The fourth-order valence-corrected chi connectivity index (χ4v) is 6.92. The van der Waals surface area contributed by atoms with E-state index in [2.05, 4.69) is 0 Å². The quantitative estimate of drug-likeness (QED) is 0.112. The van der Waals surface area contributed by atoms with Crippen molar-refractivity contribution in [2.75, 3.05) is 19.1 Å². The van der Waals surface area contributed by atoms with Crippen LogP contribution < -0.4 is 23.8 Å². The number of anilines is 1. The van der Waals surface area contributed by atoms with Crippen LogP contribution in [0.5, 0.6) is 23.0 Å². The van der Waals surface area contributed by atoms with Gasteiger partial charge in [-0.25, -0.2) is 4.98 Å². The summed E-state index contributed by atoms with van der Waals surface area (Å²) in [5, 5.41) is 12.1. The third-order valence-electron chi connectivity index (χ3n) is 8.14. The normalized spacial score (nSPS) is 18.5. The molecule has 7 rings (SSSR count). The number of ketones is 1. The SMILES string of the molecule is COc1ccc2nc(N3C(=O)C(=O)/C(=C(\O)c4ccc5c(c4)CC(C)O5)C3c3ccc(OCc4ccccc4)c(OC)c3)sc2c1. The van der Waals surface area contributed by atoms with Gasteiger partial charge in [-0.2, -0.15) is 0 Å². The monoisotopic (exact) mass is 634 g/mol. The molecule has 2 unspecified atom stereocenters. The first kappa shape index (κ1) is 29.4. The van der Waals surface area contributed by atoms with E-state index in [-0.39, 0.29) is 17.4 Å². The zero-order valence-electron chi connectivity index (χ0n) is 25.4. The van der Waals surface area contributed by atoms with Crippen LogP contribution in [0.3, 0.4) is 0 Å². The van der Waals surface area contributed by atoms with Gasteiger partial charge in [0, 0.05) is 12.0 Å². The van der Waals surface area contributed by atoms with Gasteiger partial charge in [0.05, 0.1) is 36.1 Å². The third kappa shape index (κ3) is 5.20. The minimum atomic E-state index is -0.997. The van der Waals surface area contributed by atoms with Crippen LogP contribution in [0, 0.1) is 0 Å². The van der Waals surface area contributed by atoms with E-state index in [1.807, 2.05) is 49.4 Å². The molecule has 1 saturated heterocycles. The molecule has 1 aromatic heterocycles. The molecular formula is C36H30N2O7S. The number of aromatic nitrogens is 1. The minimum absolute atomic E-state index is 0.00530. The van der Waals surface area contributed by atoms with E-state index in [0.29, 0.717) is 52.1 Å². The predicted octanol–water partition coefficient (Wildman–Crippen LogP) is 6.84. The molecule has 9 nitrogen and oxygen atoms in total.